The maximum Gasteiger partial charge on any atom is 0.387 e. The van der Waals surface area contributed by atoms with Crippen molar-refractivity contribution in [1.29, 1.82) is 0 Å². The van der Waals surface area contributed by atoms with Gasteiger partial charge in [-0.3, -0.25) is 4.90 Å². The summed E-state index contributed by atoms with van der Waals surface area (Å²) >= 11 is 5.15. The van der Waals surface area contributed by atoms with Crippen LogP contribution >= 0.6 is 27.3 Å². The first-order chi connectivity index (χ1) is 11.0. The van der Waals surface area contributed by atoms with Gasteiger partial charge in [-0.15, -0.1) is 11.3 Å². The van der Waals surface area contributed by atoms with E-state index in [-0.39, 0.29) is 5.75 Å². The van der Waals surface area contributed by atoms with Crippen LogP contribution < -0.4 is 9.47 Å². The maximum atomic E-state index is 12.4. The number of thiophene rings is 1. The summed E-state index contributed by atoms with van der Waals surface area (Å²) in [6, 6.07) is 9.17. The van der Waals surface area contributed by atoms with Gasteiger partial charge < -0.3 is 9.47 Å². The van der Waals surface area contributed by atoms with Crippen molar-refractivity contribution in [3.05, 3.63) is 44.6 Å². The number of rotatable bonds is 8. The van der Waals surface area contributed by atoms with Crippen molar-refractivity contribution in [2.75, 3.05) is 13.7 Å². The molecule has 0 bridgehead atoms. The van der Waals surface area contributed by atoms with E-state index in [1.807, 2.05) is 13.1 Å². The summed E-state index contributed by atoms with van der Waals surface area (Å²) in [5, 5.41) is 0. The normalized spacial score (nSPS) is 11.3. The number of nitrogens with zero attached hydrogens (tertiary/aromatic N) is 1. The van der Waals surface area contributed by atoms with Gasteiger partial charge >= 0.3 is 6.61 Å². The molecule has 23 heavy (non-hydrogen) atoms. The Balaban J connectivity index is 2.05. The molecule has 0 saturated carbocycles. The van der Waals surface area contributed by atoms with Gasteiger partial charge in [-0.2, -0.15) is 8.78 Å². The summed E-state index contributed by atoms with van der Waals surface area (Å²) in [6.45, 7) is 0.835. The molecule has 7 heteroatoms. The van der Waals surface area contributed by atoms with Gasteiger partial charge in [0.1, 0.15) is 0 Å². The Kier molecular flexibility index (Phi) is 6.80. The zero-order chi connectivity index (χ0) is 16.8. The maximum absolute atomic E-state index is 12.4. The second kappa shape index (κ2) is 8.61. The minimum Gasteiger partial charge on any atom is -0.490 e. The molecule has 0 unspecified atom stereocenters. The molecule has 0 amide bonds. The lowest BCUT2D eigenvalue weighted by Crippen LogP contribution is -2.16. The van der Waals surface area contributed by atoms with E-state index in [0.717, 1.165) is 15.9 Å². The van der Waals surface area contributed by atoms with E-state index >= 15 is 0 Å². The van der Waals surface area contributed by atoms with Crippen molar-refractivity contribution in [2.24, 2.45) is 0 Å². The minimum absolute atomic E-state index is 0.0652. The van der Waals surface area contributed by atoms with Crippen LogP contribution in [-0.4, -0.2) is 25.2 Å². The van der Waals surface area contributed by atoms with Gasteiger partial charge in [0.2, 0.25) is 0 Å². The highest BCUT2D eigenvalue weighted by molar-refractivity contribution is 9.11. The molecule has 126 valence electrons. The van der Waals surface area contributed by atoms with E-state index in [4.69, 9.17) is 4.74 Å². The van der Waals surface area contributed by atoms with Crippen molar-refractivity contribution in [2.45, 2.75) is 26.6 Å². The highest BCUT2D eigenvalue weighted by Gasteiger charge is 2.12. The Bertz CT molecular complexity index is 636. The fourth-order valence-electron chi connectivity index (χ4n) is 2.18. The van der Waals surface area contributed by atoms with Gasteiger partial charge in [0, 0.05) is 18.0 Å². The summed E-state index contributed by atoms with van der Waals surface area (Å²) in [7, 11) is 2.01. The summed E-state index contributed by atoms with van der Waals surface area (Å²) in [4.78, 5) is 3.40. The van der Waals surface area contributed by atoms with E-state index in [9.17, 15) is 8.78 Å². The average molecular weight is 406 g/mol. The third-order valence-electron chi connectivity index (χ3n) is 3.03. The highest BCUT2D eigenvalue weighted by atomic mass is 79.9. The van der Waals surface area contributed by atoms with Crippen LogP contribution in [0.1, 0.15) is 17.4 Å². The molecule has 0 atom stereocenters. The largest absolute Gasteiger partial charge is 0.490 e. The first kappa shape index (κ1) is 18.2. The second-order valence-electron chi connectivity index (χ2n) is 4.97. The Labute approximate surface area is 147 Å². The van der Waals surface area contributed by atoms with E-state index in [0.29, 0.717) is 18.9 Å². The number of hydrogen-bond donors (Lipinski definition) is 0. The molecular weight excluding hydrogens is 388 g/mol. The lowest BCUT2D eigenvalue weighted by Gasteiger charge is -2.17. The van der Waals surface area contributed by atoms with Crippen LogP contribution in [-0.2, 0) is 13.1 Å². The van der Waals surface area contributed by atoms with Gasteiger partial charge in [-0.1, -0.05) is 6.07 Å². The van der Waals surface area contributed by atoms with Crippen LogP contribution in [0.4, 0.5) is 8.78 Å². The van der Waals surface area contributed by atoms with Crippen molar-refractivity contribution >= 4 is 27.3 Å². The second-order valence-corrected chi connectivity index (χ2v) is 7.52. The molecule has 1 aromatic heterocycles. The highest BCUT2D eigenvalue weighted by Crippen LogP contribution is 2.30. The quantitative estimate of drug-likeness (QED) is 0.606. The molecule has 0 radical (unpaired) electrons. The van der Waals surface area contributed by atoms with Crippen LogP contribution in [0.5, 0.6) is 11.5 Å². The molecule has 0 aliphatic carbocycles. The molecule has 0 spiro atoms. The molecule has 2 rings (SSSR count). The molecule has 3 nitrogen and oxygen atoms in total. The molecule has 0 aliphatic heterocycles. The third kappa shape index (κ3) is 5.75. The minimum atomic E-state index is -2.86. The van der Waals surface area contributed by atoms with Gasteiger partial charge in [-0.25, -0.2) is 0 Å². The molecule has 0 N–H and O–H groups in total. The molecular formula is C16H18BrF2NO2S. The van der Waals surface area contributed by atoms with Crippen LogP contribution in [0.25, 0.3) is 0 Å². The van der Waals surface area contributed by atoms with E-state index < -0.39 is 6.61 Å². The summed E-state index contributed by atoms with van der Waals surface area (Å²) in [5.74, 6) is 0.410. The fraction of sp³-hybridized carbons (Fsp3) is 0.375. The van der Waals surface area contributed by atoms with Crippen LogP contribution in [0.2, 0.25) is 0 Å². The third-order valence-corrected chi connectivity index (χ3v) is 4.64. The number of benzene rings is 1. The molecule has 0 aliphatic rings. The van der Waals surface area contributed by atoms with Crippen molar-refractivity contribution in [3.63, 3.8) is 0 Å². The molecule has 1 aromatic carbocycles. The Morgan fingerprint density at radius 3 is 2.57 bits per heavy atom. The van der Waals surface area contributed by atoms with Crippen molar-refractivity contribution < 1.29 is 18.3 Å². The zero-order valence-corrected chi connectivity index (χ0v) is 15.3. The number of alkyl halides is 2. The SMILES string of the molecule is CCOc1cc(CN(C)Cc2ccc(Br)s2)ccc1OC(F)F. The van der Waals surface area contributed by atoms with Crippen LogP contribution in [0, 0.1) is 0 Å². The number of halogens is 3. The van der Waals surface area contributed by atoms with E-state index in [1.54, 1.807) is 30.4 Å². The lowest BCUT2D eigenvalue weighted by molar-refractivity contribution is -0.0514. The average Bonchev–Trinajstić information content (AvgIpc) is 2.86. The standard InChI is InChI=1S/C16H18BrF2NO2S/c1-3-21-14-8-11(4-6-13(14)22-16(18)19)9-20(2)10-12-5-7-15(17)23-12/h4-8,16H,3,9-10H2,1-2H3. The van der Waals surface area contributed by atoms with E-state index in [1.165, 1.54) is 10.9 Å². The van der Waals surface area contributed by atoms with Gasteiger partial charge in [-0.05, 0) is 59.7 Å². The summed E-state index contributed by atoms with van der Waals surface area (Å²) in [6.07, 6.45) is 0. The lowest BCUT2D eigenvalue weighted by atomic mass is 10.2. The molecule has 0 saturated heterocycles. The number of ether oxygens (including phenoxy) is 2. The molecule has 1 heterocycles. The van der Waals surface area contributed by atoms with Gasteiger partial charge in [0.05, 0.1) is 10.4 Å². The van der Waals surface area contributed by atoms with Crippen molar-refractivity contribution in [3.8, 4) is 11.5 Å². The van der Waals surface area contributed by atoms with E-state index in [2.05, 4.69) is 31.6 Å². The van der Waals surface area contributed by atoms with Gasteiger partial charge in [0.15, 0.2) is 11.5 Å². The predicted molar refractivity (Wildman–Crippen MR) is 91.4 cm³/mol. The predicted octanol–water partition coefficient (Wildman–Crippen LogP) is 5.14. The van der Waals surface area contributed by atoms with Crippen molar-refractivity contribution in [1.82, 2.24) is 4.90 Å². The van der Waals surface area contributed by atoms with Crippen LogP contribution in [0.15, 0.2) is 34.1 Å². The first-order valence-electron chi connectivity index (χ1n) is 7.11. The topological polar surface area (TPSA) is 21.7 Å². The summed E-state index contributed by atoms with van der Waals surface area (Å²) < 4.78 is 35.8. The van der Waals surface area contributed by atoms with Crippen LogP contribution in [0.3, 0.4) is 0 Å². The Morgan fingerprint density at radius 2 is 1.96 bits per heavy atom. The Morgan fingerprint density at radius 1 is 1.17 bits per heavy atom. The first-order valence-corrected chi connectivity index (χ1v) is 8.72. The number of hydrogen-bond acceptors (Lipinski definition) is 4. The smallest absolute Gasteiger partial charge is 0.387 e. The monoisotopic (exact) mass is 405 g/mol. The fourth-order valence-corrected chi connectivity index (χ4v) is 3.75. The Hall–Kier alpha value is -1.18. The van der Waals surface area contributed by atoms with Gasteiger partial charge in [0.25, 0.3) is 0 Å². The summed E-state index contributed by atoms with van der Waals surface area (Å²) in [5.41, 5.74) is 0.980. The molecule has 0 fully saturated rings. The zero-order valence-electron chi connectivity index (χ0n) is 12.9. The molecule has 2 aromatic rings.